The minimum Gasteiger partial charge on any atom is -0.243 e. The third kappa shape index (κ3) is 1.69. The van der Waals surface area contributed by atoms with Gasteiger partial charge in [-0.15, -0.1) is 0 Å². The van der Waals surface area contributed by atoms with Crippen LogP contribution in [0.1, 0.15) is 17.6 Å². The minimum absolute atomic E-state index is 0.0329. The highest BCUT2D eigenvalue weighted by Gasteiger charge is 2.10. The van der Waals surface area contributed by atoms with E-state index in [9.17, 15) is 8.78 Å². The van der Waals surface area contributed by atoms with Crippen LogP contribution in [0.3, 0.4) is 0 Å². The van der Waals surface area contributed by atoms with Gasteiger partial charge in [0, 0.05) is 11.8 Å². The largest absolute Gasteiger partial charge is 0.265 e. The van der Waals surface area contributed by atoms with Crippen LogP contribution in [-0.2, 0) is 0 Å². The summed E-state index contributed by atoms with van der Waals surface area (Å²) in [5, 5.41) is 8.35. The van der Waals surface area contributed by atoms with E-state index in [-0.39, 0.29) is 16.3 Å². The van der Waals surface area contributed by atoms with Crippen LogP contribution in [0.4, 0.5) is 8.78 Å². The maximum absolute atomic E-state index is 12.0. The molecule has 0 aliphatic carbocycles. The molecule has 0 spiro atoms. The quantitative estimate of drug-likeness (QED) is 0.635. The van der Waals surface area contributed by atoms with Crippen LogP contribution in [0.2, 0.25) is 5.15 Å². The first-order valence-corrected chi connectivity index (χ1v) is 3.36. The number of rotatable bonds is 1. The summed E-state index contributed by atoms with van der Waals surface area (Å²) in [6, 6.07) is 2.69. The molecule has 0 fully saturated rings. The lowest BCUT2D eigenvalue weighted by atomic mass is 10.2. The molecule has 1 aromatic heterocycles. The first kappa shape index (κ1) is 8.88. The zero-order chi connectivity index (χ0) is 9.14. The molecule has 0 saturated carbocycles. The van der Waals surface area contributed by atoms with Crippen LogP contribution in [0.5, 0.6) is 0 Å². The van der Waals surface area contributed by atoms with Crippen molar-refractivity contribution in [2.24, 2.45) is 0 Å². The Balaban J connectivity index is 3.16. The number of halogens is 3. The molecule has 0 aliphatic rings. The van der Waals surface area contributed by atoms with Gasteiger partial charge in [0.25, 0.3) is 6.43 Å². The van der Waals surface area contributed by atoms with Crippen LogP contribution in [-0.4, -0.2) is 4.98 Å². The van der Waals surface area contributed by atoms with Gasteiger partial charge in [-0.3, -0.25) is 0 Å². The summed E-state index contributed by atoms with van der Waals surface area (Å²) in [5.41, 5.74) is -0.328. The van der Waals surface area contributed by atoms with Gasteiger partial charge in [0.2, 0.25) is 0 Å². The van der Waals surface area contributed by atoms with E-state index in [1.807, 2.05) is 0 Å². The molecular formula is C7H3ClF2N2. The number of nitriles is 1. The number of pyridine rings is 1. The Morgan fingerprint density at radius 1 is 1.58 bits per heavy atom. The highest BCUT2D eigenvalue weighted by Crippen LogP contribution is 2.21. The summed E-state index contributed by atoms with van der Waals surface area (Å²) in [5.74, 6) is 0. The summed E-state index contributed by atoms with van der Waals surface area (Å²) in [7, 11) is 0. The van der Waals surface area contributed by atoms with Gasteiger partial charge in [0.05, 0.1) is 5.56 Å². The standard InChI is InChI=1S/C7H3ClF2N2/c8-6-4(2-11)1-5(3-12-6)7(9)10/h1,3,7H. The van der Waals surface area contributed by atoms with Crippen LogP contribution in [0.15, 0.2) is 12.3 Å². The van der Waals surface area contributed by atoms with E-state index < -0.39 is 6.43 Å². The maximum Gasteiger partial charge on any atom is 0.265 e. The first-order chi connectivity index (χ1) is 5.65. The monoisotopic (exact) mass is 188 g/mol. The van der Waals surface area contributed by atoms with E-state index in [1.165, 1.54) is 0 Å². The van der Waals surface area contributed by atoms with Gasteiger partial charge in [0.1, 0.15) is 11.2 Å². The predicted molar refractivity (Wildman–Crippen MR) is 38.9 cm³/mol. The fourth-order valence-electron chi connectivity index (χ4n) is 0.662. The van der Waals surface area contributed by atoms with Crippen molar-refractivity contribution in [1.29, 1.82) is 5.26 Å². The molecule has 1 heterocycles. The molecular weight excluding hydrogens is 186 g/mol. The Morgan fingerprint density at radius 3 is 2.75 bits per heavy atom. The van der Waals surface area contributed by atoms with E-state index in [4.69, 9.17) is 16.9 Å². The lowest BCUT2D eigenvalue weighted by Gasteiger charge is -1.99. The summed E-state index contributed by atoms with van der Waals surface area (Å²) in [4.78, 5) is 3.43. The molecule has 0 aromatic carbocycles. The van der Waals surface area contributed by atoms with Gasteiger partial charge in [0.15, 0.2) is 0 Å². The second-order valence-electron chi connectivity index (χ2n) is 2.02. The van der Waals surface area contributed by atoms with Gasteiger partial charge in [-0.1, -0.05) is 11.6 Å². The molecule has 62 valence electrons. The molecule has 0 amide bonds. The minimum atomic E-state index is -2.62. The third-order valence-electron chi connectivity index (χ3n) is 1.23. The molecule has 5 heteroatoms. The fourth-order valence-corrected chi connectivity index (χ4v) is 0.808. The van der Waals surface area contributed by atoms with Crippen LogP contribution >= 0.6 is 11.6 Å². The topological polar surface area (TPSA) is 36.7 Å². The van der Waals surface area contributed by atoms with Crippen LogP contribution in [0, 0.1) is 11.3 Å². The van der Waals surface area contributed by atoms with E-state index in [1.54, 1.807) is 6.07 Å². The van der Waals surface area contributed by atoms with Gasteiger partial charge in [-0.25, -0.2) is 13.8 Å². The number of nitrogens with zero attached hydrogens (tertiary/aromatic N) is 2. The normalized spacial score (nSPS) is 9.92. The van der Waals surface area contributed by atoms with Crippen molar-refractivity contribution in [3.05, 3.63) is 28.5 Å². The Labute approximate surface area is 72.4 Å². The summed E-state index contributed by atoms with van der Waals surface area (Å²) in [6.45, 7) is 0. The van der Waals surface area contributed by atoms with Crippen molar-refractivity contribution in [3.8, 4) is 6.07 Å². The number of alkyl halides is 2. The van der Waals surface area contributed by atoms with Gasteiger partial charge < -0.3 is 0 Å². The van der Waals surface area contributed by atoms with E-state index in [0.29, 0.717) is 0 Å². The zero-order valence-electron chi connectivity index (χ0n) is 5.76. The molecule has 2 nitrogen and oxygen atoms in total. The van der Waals surface area contributed by atoms with Crippen molar-refractivity contribution in [3.63, 3.8) is 0 Å². The second kappa shape index (κ2) is 3.46. The maximum atomic E-state index is 12.0. The van der Waals surface area contributed by atoms with E-state index in [0.717, 1.165) is 12.3 Å². The highest BCUT2D eigenvalue weighted by molar-refractivity contribution is 6.30. The molecule has 0 saturated heterocycles. The molecule has 0 N–H and O–H groups in total. The van der Waals surface area contributed by atoms with Gasteiger partial charge >= 0.3 is 0 Å². The van der Waals surface area contributed by atoms with Crippen molar-refractivity contribution in [1.82, 2.24) is 4.98 Å². The van der Waals surface area contributed by atoms with Crippen molar-refractivity contribution in [2.75, 3.05) is 0 Å². The summed E-state index contributed by atoms with van der Waals surface area (Å²) < 4.78 is 24.0. The number of hydrogen-bond acceptors (Lipinski definition) is 2. The number of aromatic nitrogens is 1. The van der Waals surface area contributed by atoms with Crippen molar-refractivity contribution < 1.29 is 8.78 Å². The Bertz CT molecular complexity index is 333. The molecule has 0 radical (unpaired) electrons. The summed E-state index contributed by atoms with van der Waals surface area (Å²) >= 11 is 5.42. The van der Waals surface area contributed by atoms with Crippen LogP contribution < -0.4 is 0 Å². The Kier molecular flexibility index (Phi) is 2.56. The molecule has 12 heavy (non-hydrogen) atoms. The Hall–Kier alpha value is -1.21. The van der Waals surface area contributed by atoms with Crippen LogP contribution in [0.25, 0.3) is 0 Å². The molecule has 0 aliphatic heterocycles. The molecule has 1 rings (SSSR count). The predicted octanol–water partition coefficient (Wildman–Crippen LogP) is 2.54. The fraction of sp³-hybridized carbons (Fsp3) is 0.143. The second-order valence-corrected chi connectivity index (χ2v) is 2.38. The third-order valence-corrected chi connectivity index (χ3v) is 1.53. The van der Waals surface area contributed by atoms with Crippen molar-refractivity contribution in [2.45, 2.75) is 6.43 Å². The smallest absolute Gasteiger partial charge is 0.243 e. The molecule has 0 unspecified atom stereocenters. The molecule has 1 aromatic rings. The number of hydrogen-bond donors (Lipinski definition) is 0. The first-order valence-electron chi connectivity index (χ1n) is 2.99. The van der Waals surface area contributed by atoms with E-state index >= 15 is 0 Å². The average Bonchev–Trinajstić information content (AvgIpc) is 2.05. The highest BCUT2D eigenvalue weighted by atomic mass is 35.5. The molecule has 0 atom stereocenters. The lowest BCUT2D eigenvalue weighted by molar-refractivity contribution is 0.151. The zero-order valence-corrected chi connectivity index (χ0v) is 6.52. The lowest BCUT2D eigenvalue weighted by Crippen LogP contribution is -1.89. The average molecular weight is 189 g/mol. The Morgan fingerprint density at radius 2 is 2.25 bits per heavy atom. The molecule has 0 bridgehead atoms. The van der Waals surface area contributed by atoms with Crippen molar-refractivity contribution >= 4 is 11.6 Å². The van der Waals surface area contributed by atoms with E-state index in [2.05, 4.69) is 4.98 Å². The van der Waals surface area contributed by atoms with Gasteiger partial charge in [-0.2, -0.15) is 5.26 Å². The van der Waals surface area contributed by atoms with Gasteiger partial charge in [-0.05, 0) is 6.07 Å². The SMILES string of the molecule is N#Cc1cc(C(F)F)cnc1Cl. The summed E-state index contributed by atoms with van der Waals surface area (Å²) in [6.07, 6.45) is -1.67.